The summed E-state index contributed by atoms with van der Waals surface area (Å²) in [6, 6.07) is 2.73. The van der Waals surface area contributed by atoms with E-state index in [2.05, 4.69) is 10.2 Å². The molecule has 1 aromatic heterocycles. The van der Waals surface area contributed by atoms with Crippen LogP contribution in [0.1, 0.15) is 16.1 Å². The molecular formula is C12H10ClFN2O3. The van der Waals surface area contributed by atoms with Gasteiger partial charge in [0.2, 0.25) is 0 Å². The lowest BCUT2D eigenvalue weighted by molar-refractivity contribution is 0.0690. The molecule has 0 saturated carbocycles. The zero-order chi connectivity index (χ0) is 14.2. The number of hydrogen-bond acceptors (Lipinski definition) is 3. The van der Waals surface area contributed by atoms with Gasteiger partial charge in [0.15, 0.2) is 11.6 Å². The zero-order valence-electron chi connectivity index (χ0n) is 10.1. The van der Waals surface area contributed by atoms with Crippen LogP contribution in [0.5, 0.6) is 5.75 Å². The molecule has 2 rings (SSSR count). The van der Waals surface area contributed by atoms with E-state index in [1.165, 1.54) is 19.2 Å². The molecule has 0 radical (unpaired) electrons. The number of aryl methyl sites for hydroxylation is 1. The van der Waals surface area contributed by atoms with E-state index in [4.69, 9.17) is 21.4 Å². The fourth-order valence-electron chi connectivity index (χ4n) is 1.68. The minimum Gasteiger partial charge on any atom is -0.492 e. The largest absolute Gasteiger partial charge is 0.492 e. The molecule has 0 aliphatic heterocycles. The Balaban J connectivity index is 2.61. The maximum atomic E-state index is 14.2. The maximum Gasteiger partial charge on any atom is 0.353 e. The number of aromatic carboxylic acids is 1. The number of nitrogens with one attached hydrogen (secondary N) is 1. The second-order valence-corrected chi connectivity index (χ2v) is 4.25. The van der Waals surface area contributed by atoms with Crippen molar-refractivity contribution in [1.82, 2.24) is 10.2 Å². The number of ether oxygens (including phenoxy) is 1. The summed E-state index contributed by atoms with van der Waals surface area (Å²) < 4.78 is 19.1. The molecule has 0 atom stereocenters. The van der Waals surface area contributed by atoms with Gasteiger partial charge in [-0.25, -0.2) is 9.18 Å². The van der Waals surface area contributed by atoms with Crippen LogP contribution in [0, 0.1) is 12.7 Å². The van der Waals surface area contributed by atoms with E-state index in [1.807, 2.05) is 0 Å². The van der Waals surface area contributed by atoms with Crippen molar-refractivity contribution in [3.05, 3.63) is 34.2 Å². The van der Waals surface area contributed by atoms with Gasteiger partial charge in [-0.15, -0.1) is 0 Å². The Morgan fingerprint density at radius 2 is 2.21 bits per heavy atom. The van der Waals surface area contributed by atoms with E-state index in [1.54, 1.807) is 6.92 Å². The van der Waals surface area contributed by atoms with E-state index in [-0.39, 0.29) is 27.7 Å². The fraction of sp³-hybridized carbons (Fsp3) is 0.167. The molecule has 7 heteroatoms. The number of aromatic amines is 1. The van der Waals surface area contributed by atoms with Crippen molar-refractivity contribution < 1.29 is 19.0 Å². The molecular weight excluding hydrogens is 275 g/mol. The average Bonchev–Trinajstić information content (AvgIpc) is 2.84. The quantitative estimate of drug-likeness (QED) is 0.909. The number of benzene rings is 1. The highest BCUT2D eigenvalue weighted by Crippen LogP contribution is 2.37. The van der Waals surface area contributed by atoms with Crippen LogP contribution >= 0.6 is 11.6 Å². The number of hydrogen-bond donors (Lipinski definition) is 2. The summed E-state index contributed by atoms with van der Waals surface area (Å²) in [5, 5.41) is 15.1. The number of carbonyl (C=O) groups is 1. The first-order valence-electron chi connectivity index (χ1n) is 5.27. The third-order valence-corrected chi connectivity index (χ3v) is 3.10. The monoisotopic (exact) mass is 284 g/mol. The standard InChI is InChI=1S/C12H10ClFN2O3/c1-5-3-6(10(14)11(19-2)9(5)13)7-4-8(12(17)18)16-15-7/h3-4H,1-2H3,(H,15,16)(H,17,18). The summed E-state index contributed by atoms with van der Waals surface area (Å²) in [4.78, 5) is 10.8. The molecule has 0 unspecified atom stereocenters. The van der Waals surface area contributed by atoms with Crippen molar-refractivity contribution >= 4 is 17.6 Å². The van der Waals surface area contributed by atoms with Gasteiger partial charge in [-0.2, -0.15) is 5.10 Å². The molecule has 100 valence electrons. The number of nitrogens with zero attached hydrogens (tertiary/aromatic N) is 1. The summed E-state index contributed by atoms with van der Waals surface area (Å²) in [7, 11) is 1.31. The Morgan fingerprint density at radius 3 is 2.74 bits per heavy atom. The lowest BCUT2D eigenvalue weighted by Crippen LogP contribution is -1.95. The Morgan fingerprint density at radius 1 is 1.53 bits per heavy atom. The summed E-state index contributed by atoms with van der Waals surface area (Å²) in [5.41, 5.74) is 0.784. The number of carboxylic acid groups (broad SMARTS) is 1. The highest BCUT2D eigenvalue weighted by Gasteiger charge is 2.19. The van der Waals surface area contributed by atoms with Crippen LogP contribution in [0.15, 0.2) is 12.1 Å². The van der Waals surface area contributed by atoms with Crippen molar-refractivity contribution in [2.75, 3.05) is 7.11 Å². The van der Waals surface area contributed by atoms with Crippen LogP contribution in [0.3, 0.4) is 0 Å². The first-order valence-corrected chi connectivity index (χ1v) is 5.65. The number of carboxylic acids is 1. The molecule has 5 nitrogen and oxygen atoms in total. The second kappa shape index (κ2) is 4.89. The topological polar surface area (TPSA) is 75.2 Å². The van der Waals surface area contributed by atoms with Crippen LogP contribution < -0.4 is 4.74 Å². The van der Waals surface area contributed by atoms with Gasteiger partial charge in [-0.3, -0.25) is 5.10 Å². The lowest BCUT2D eigenvalue weighted by atomic mass is 10.1. The molecule has 0 amide bonds. The summed E-state index contributed by atoms with van der Waals surface area (Å²) in [5.74, 6) is -1.94. The van der Waals surface area contributed by atoms with Crippen molar-refractivity contribution in [3.63, 3.8) is 0 Å². The lowest BCUT2D eigenvalue weighted by Gasteiger charge is -2.10. The minimum absolute atomic E-state index is 0.0865. The van der Waals surface area contributed by atoms with E-state index >= 15 is 0 Å². The van der Waals surface area contributed by atoms with Crippen LogP contribution in [0.4, 0.5) is 4.39 Å². The van der Waals surface area contributed by atoms with Gasteiger partial charge in [0.05, 0.1) is 17.8 Å². The van der Waals surface area contributed by atoms with Crippen LogP contribution in [-0.4, -0.2) is 28.4 Å². The van der Waals surface area contributed by atoms with E-state index < -0.39 is 11.8 Å². The molecule has 0 bridgehead atoms. The zero-order valence-corrected chi connectivity index (χ0v) is 10.9. The Labute approximate surface area is 113 Å². The Bertz CT molecular complexity index is 655. The molecule has 2 N–H and O–H groups in total. The summed E-state index contributed by atoms with van der Waals surface area (Å²) in [6.45, 7) is 1.69. The number of rotatable bonds is 3. The third-order valence-electron chi connectivity index (χ3n) is 2.63. The van der Waals surface area contributed by atoms with E-state index in [9.17, 15) is 9.18 Å². The van der Waals surface area contributed by atoms with Gasteiger partial charge in [-0.1, -0.05) is 11.6 Å². The first kappa shape index (κ1) is 13.4. The molecule has 0 saturated heterocycles. The van der Waals surface area contributed by atoms with Crippen molar-refractivity contribution in [2.24, 2.45) is 0 Å². The third kappa shape index (κ3) is 2.26. The van der Waals surface area contributed by atoms with Crippen LogP contribution in [0.25, 0.3) is 11.3 Å². The molecule has 0 spiro atoms. The molecule has 1 aromatic carbocycles. The molecule has 2 aromatic rings. The van der Waals surface area contributed by atoms with Gasteiger partial charge in [0.25, 0.3) is 0 Å². The Hall–Kier alpha value is -2.08. The molecule has 0 aliphatic carbocycles. The predicted octanol–water partition coefficient (Wildman–Crippen LogP) is 2.88. The van der Waals surface area contributed by atoms with E-state index in [0.717, 1.165) is 0 Å². The molecule has 19 heavy (non-hydrogen) atoms. The smallest absolute Gasteiger partial charge is 0.353 e. The van der Waals surface area contributed by atoms with E-state index in [0.29, 0.717) is 5.56 Å². The van der Waals surface area contributed by atoms with Crippen molar-refractivity contribution in [1.29, 1.82) is 0 Å². The SMILES string of the molecule is COc1c(F)c(-c2cc(C(=O)O)[nH]n2)cc(C)c1Cl. The second-order valence-electron chi connectivity index (χ2n) is 3.87. The number of methoxy groups -OCH3 is 1. The van der Waals surface area contributed by atoms with Crippen molar-refractivity contribution in [3.8, 4) is 17.0 Å². The number of aromatic nitrogens is 2. The predicted molar refractivity (Wildman–Crippen MR) is 67.2 cm³/mol. The molecule has 0 fully saturated rings. The molecule has 0 aliphatic rings. The van der Waals surface area contributed by atoms with Crippen LogP contribution in [-0.2, 0) is 0 Å². The number of halogens is 2. The van der Waals surface area contributed by atoms with Gasteiger partial charge in [-0.05, 0) is 24.6 Å². The van der Waals surface area contributed by atoms with Gasteiger partial charge in [0.1, 0.15) is 5.69 Å². The Kier molecular flexibility index (Phi) is 3.44. The normalized spacial score (nSPS) is 10.5. The van der Waals surface area contributed by atoms with Gasteiger partial charge < -0.3 is 9.84 Å². The number of H-pyrrole nitrogens is 1. The van der Waals surface area contributed by atoms with Gasteiger partial charge >= 0.3 is 5.97 Å². The average molecular weight is 285 g/mol. The summed E-state index contributed by atoms with van der Waals surface area (Å²) >= 11 is 5.93. The molecule has 1 heterocycles. The van der Waals surface area contributed by atoms with Crippen LogP contribution in [0.2, 0.25) is 5.02 Å². The minimum atomic E-state index is -1.17. The van der Waals surface area contributed by atoms with Gasteiger partial charge in [0, 0.05) is 5.56 Å². The maximum absolute atomic E-state index is 14.2. The fourth-order valence-corrected chi connectivity index (χ4v) is 1.89. The first-order chi connectivity index (χ1) is 8.95. The highest BCUT2D eigenvalue weighted by atomic mass is 35.5. The van der Waals surface area contributed by atoms with Crippen molar-refractivity contribution in [2.45, 2.75) is 6.92 Å². The highest BCUT2D eigenvalue weighted by molar-refractivity contribution is 6.33. The summed E-state index contributed by atoms with van der Waals surface area (Å²) in [6.07, 6.45) is 0.